The first-order chi connectivity index (χ1) is 14.9. The van der Waals surface area contributed by atoms with E-state index in [-0.39, 0.29) is 11.5 Å². The number of nitrogens with one attached hydrogen (secondary N) is 1. The van der Waals surface area contributed by atoms with Gasteiger partial charge in [0.2, 0.25) is 5.91 Å². The van der Waals surface area contributed by atoms with Crippen molar-refractivity contribution < 1.29 is 4.79 Å². The van der Waals surface area contributed by atoms with E-state index in [1.807, 2.05) is 82.3 Å². The molecule has 0 aliphatic carbocycles. The summed E-state index contributed by atoms with van der Waals surface area (Å²) in [4.78, 5) is 26.5. The molecule has 1 N–H and O–H groups in total. The molecular weight excluding hydrogens is 390 g/mol. The SMILES string of the molecule is CC[C@@H](C(=O)Nc1cccc(C)c1)n1nc(C)c2nn(-c3ccccc3)c(C)c2c1=O. The van der Waals surface area contributed by atoms with Crippen molar-refractivity contribution >= 4 is 22.5 Å². The van der Waals surface area contributed by atoms with Crippen LogP contribution in [0.15, 0.2) is 59.4 Å². The number of anilines is 1. The summed E-state index contributed by atoms with van der Waals surface area (Å²) >= 11 is 0. The number of nitrogens with zero attached hydrogens (tertiary/aromatic N) is 4. The Morgan fingerprint density at radius 1 is 1.03 bits per heavy atom. The van der Waals surface area contributed by atoms with Crippen molar-refractivity contribution in [2.45, 2.75) is 40.2 Å². The minimum Gasteiger partial charge on any atom is -0.324 e. The van der Waals surface area contributed by atoms with E-state index in [0.29, 0.717) is 28.7 Å². The molecule has 0 saturated carbocycles. The molecule has 0 saturated heterocycles. The molecule has 7 nitrogen and oxygen atoms in total. The molecule has 2 heterocycles. The highest BCUT2D eigenvalue weighted by atomic mass is 16.2. The van der Waals surface area contributed by atoms with Gasteiger partial charge in [-0.1, -0.05) is 37.3 Å². The van der Waals surface area contributed by atoms with Crippen molar-refractivity contribution in [3.63, 3.8) is 0 Å². The molecule has 2 aromatic carbocycles. The molecular formula is C24H25N5O2. The number of aryl methyl sites for hydroxylation is 3. The van der Waals surface area contributed by atoms with Crippen LogP contribution in [0.3, 0.4) is 0 Å². The molecule has 4 rings (SSSR count). The van der Waals surface area contributed by atoms with Crippen molar-refractivity contribution in [3.8, 4) is 5.69 Å². The fraction of sp³-hybridized carbons (Fsp3) is 0.250. The molecule has 0 aliphatic heterocycles. The quantitative estimate of drug-likeness (QED) is 0.532. The average Bonchev–Trinajstić information content (AvgIpc) is 3.11. The van der Waals surface area contributed by atoms with Crippen molar-refractivity contribution in [2.75, 3.05) is 5.32 Å². The summed E-state index contributed by atoms with van der Waals surface area (Å²) < 4.78 is 3.05. The molecule has 1 amide bonds. The first-order valence-corrected chi connectivity index (χ1v) is 10.3. The molecule has 7 heteroatoms. The highest BCUT2D eigenvalue weighted by Crippen LogP contribution is 2.22. The molecule has 1 atom stereocenters. The molecule has 158 valence electrons. The van der Waals surface area contributed by atoms with Gasteiger partial charge in [-0.3, -0.25) is 9.59 Å². The third-order valence-electron chi connectivity index (χ3n) is 5.41. The summed E-state index contributed by atoms with van der Waals surface area (Å²) in [5.41, 5.74) is 4.17. The van der Waals surface area contributed by atoms with Gasteiger partial charge in [-0.2, -0.15) is 10.2 Å². The van der Waals surface area contributed by atoms with Gasteiger partial charge in [0.15, 0.2) is 0 Å². The van der Waals surface area contributed by atoms with Crippen LogP contribution in [0.2, 0.25) is 0 Å². The van der Waals surface area contributed by atoms with Crippen LogP contribution in [0.5, 0.6) is 0 Å². The fourth-order valence-corrected chi connectivity index (χ4v) is 3.83. The van der Waals surface area contributed by atoms with Crippen molar-refractivity contribution in [3.05, 3.63) is 81.9 Å². The summed E-state index contributed by atoms with van der Waals surface area (Å²) in [7, 11) is 0. The van der Waals surface area contributed by atoms with Crippen LogP contribution in [-0.2, 0) is 4.79 Å². The summed E-state index contributed by atoms with van der Waals surface area (Å²) in [6.07, 6.45) is 0.432. The highest BCUT2D eigenvalue weighted by molar-refractivity contribution is 5.94. The topological polar surface area (TPSA) is 81.8 Å². The molecule has 0 unspecified atom stereocenters. The van der Waals surface area contributed by atoms with Gasteiger partial charge in [0.1, 0.15) is 11.6 Å². The maximum Gasteiger partial charge on any atom is 0.278 e. The van der Waals surface area contributed by atoms with Crippen LogP contribution >= 0.6 is 0 Å². The lowest BCUT2D eigenvalue weighted by molar-refractivity contribution is -0.119. The molecule has 0 aliphatic rings. The van der Waals surface area contributed by atoms with Crippen molar-refractivity contribution in [2.24, 2.45) is 0 Å². The number of hydrogen-bond donors (Lipinski definition) is 1. The van der Waals surface area contributed by atoms with E-state index in [2.05, 4.69) is 15.5 Å². The lowest BCUT2D eigenvalue weighted by Gasteiger charge is -2.17. The monoisotopic (exact) mass is 415 g/mol. The van der Waals surface area contributed by atoms with Gasteiger partial charge in [0.05, 0.1) is 22.5 Å². The minimum atomic E-state index is -0.726. The van der Waals surface area contributed by atoms with Gasteiger partial charge < -0.3 is 5.32 Å². The zero-order valence-electron chi connectivity index (χ0n) is 18.1. The molecule has 0 spiro atoms. The highest BCUT2D eigenvalue weighted by Gasteiger charge is 2.25. The molecule has 4 aromatic rings. The van der Waals surface area contributed by atoms with Gasteiger partial charge in [0, 0.05) is 5.69 Å². The lowest BCUT2D eigenvalue weighted by Crippen LogP contribution is -2.35. The van der Waals surface area contributed by atoms with Gasteiger partial charge in [-0.15, -0.1) is 0 Å². The average molecular weight is 415 g/mol. The van der Waals surface area contributed by atoms with Gasteiger partial charge in [-0.25, -0.2) is 9.36 Å². The maximum absolute atomic E-state index is 13.4. The van der Waals surface area contributed by atoms with Crippen LogP contribution < -0.4 is 10.9 Å². The molecule has 0 bridgehead atoms. The maximum atomic E-state index is 13.4. The molecule has 31 heavy (non-hydrogen) atoms. The van der Waals surface area contributed by atoms with E-state index in [1.165, 1.54) is 4.68 Å². The Kier molecular flexibility index (Phi) is 5.42. The largest absolute Gasteiger partial charge is 0.324 e. The van der Waals surface area contributed by atoms with E-state index in [9.17, 15) is 9.59 Å². The number of amides is 1. The predicted molar refractivity (Wildman–Crippen MR) is 122 cm³/mol. The summed E-state index contributed by atoms with van der Waals surface area (Å²) in [5.74, 6) is -0.269. The van der Waals surface area contributed by atoms with Crippen molar-refractivity contribution in [1.82, 2.24) is 19.6 Å². The fourth-order valence-electron chi connectivity index (χ4n) is 3.83. The Balaban J connectivity index is 1.79. The van der Waals surface area contributed by atoms with Gasteiger partial charge in [0.25, 0.3) is 5.56 Å². The molecule has 0 fully saturated rings. The number of carbonyl (C=O) groups is 1. The van der Waals surface area contributed by atoms with Crippen LogP contribution in [0.25, 0.3) is 16.6 Å². The van der Waals surface area contributed by atoms with Crippen LogP contribution in [0.4, 0.5) is 5.69 Å². The standard InChI is InChI=1S/C24H25N5O2/c1-5-20(23(30)25-18-11-9-10-15(2)14-18)29-24(31)21-17(4)28(19-12-7-6-8-13-19)27-22(21)16(3)26-29/h6-14,20H,5H2,1-4H3,(H,25,30)/t20-/m0/s1. The number of fused-ring (bicyclic) bond motifs is 1. The third-order valence-corrected chi connectivity index (χ3v) is 5.41. The first-order valence-electron chi connectivity index (χ1n) is 10.3. The van der Waals surface area contributed by atoms with E-state index >= 15 is 0 Å². The van der Waals surface area contributed by atoms with Crippen LogP contribution in [-0.4, -0.2) is 25.5 Å². The summed E-state index contributed by atoms with van der Waals surface area (Å²) in [6, 6.07) is 16.5. The Hall–Kier alpha value is -3.74. The third kappa shape index (κ3) is 3.74. The van der Waals surface area contributed by atoms with Crippen LogP contribution in [0, 0.1) is 20.8 Å². The number of benzene rings is 2. The summed E-state index contributed by atoms with van der Waals surface area (Å²) in [5, 5.41) is 12.5. The number of para-hydroxylation sites is 1. The number of hydrogen-bond acceptors (Lipinski definition) is 4. The number of carbonyl (C=O) groups excluding carboxylic acids is 1. The van der Waals surface area contributed by atoms with Gasteiger partial charge >= 0.3 is 0 Å². The number of aromatic nitrogens is 4. The zero-order valence-corrected chi connectivity index (χ0v) is 18.1. The van der Waals surface area contributed by atoms with E-state index in [4.69, 9.17) is 0 Å². The van der Waals surface area contributed by atoms with Crippen LogP contribution in [0.1, 0.15) is 36.3 Å². The first kappa shape index (κ1) is 20.5. The minimum absolute atomic E-state index is 0.269. The Bertz CT molecular complexity index is 1320. The summed E-state index contributed by atoms with van der Waals surface area (Å²) in [6.45, 7) is 7.50. The second kappa shape index (κ2) is 8.18. The number of rotatable bonds is 5. The molecule has 0 radical (unpaired) electrons. The smallest absolute Gasteiger partial charge is 0.278 e. The second-order valence-corrected chi connectivity index (χ2v) is 7.67. The Labute approximate surface area is 180 Å². The van der Waals surface area contributed by atoms with E-state index in [1.54, 1.807) is 4.68 Å². The van der Waals surface area contributed by atoms with E-state index in [0.717, 1.165) is 16.9 Å². The zero-order chi connectivity index (χ0) is 22.1. The Morgan fingerprint density at radius 3 is 2.45 bits per heavy atom. The predicted octanol–water partition coefficient (Wildman–Crippen LogP) is 4.10. The Morgan fingerprint density at radius 2 is 1.77 bits per heavy atom. The normalized spacial score (nSPS) is 12.1. The van der Waals surface area contributed by atoms with Crippen molar-refractivity contribution in [1.29, 1.82) is 0 Å². The lowest BCUT2D eigenvalue weighted by atomic mass is 10.1. The van der Waals surface area contributed by atoms with Gasteiger partial charge in [-0.05, 0) is 57.0 Å². The second-order valence-electron chi connectivity index (χ2n) is 7.67. The van der Waals surface area contributed by atoms with E-state index < -0.39 is 6.04 Å². The molecule has 2 aromatic heterocycles.